The van der Waals surface area contributed by atoms with Gasteiger partial charge in [-0.2, -0.15) is 0 Å². The van der Waals surface area contributed by atoms with Gasteiger partial charge in [0.15, 0.2) is 0 Å². The molecule has 0 unspecified atom stereocenters. The summed E-state index contributed by atoms with van der Waals surface area (Å²) >= 11 is 0. The van der Waals surface area contributed by atoms with Crippen molar-refractivity contribution in [3.63, 3.8) is 0 Å². The lowest BCUT2D eigenvalue weighted by Crippen LogP contribution is -2.64. The van der Waals surface area contributed by atoms with Gasteiger partial charge in [0.05, 0.1) is 18.1 Å². The molecule has 3 saturated carbocycles. The second-order valence-corrected chi connectivity index (χ2v) is 16.4. The van der Waals surface area contributed by atoms with E-state index in [1.165, 1.54) is 6.92 Å². The van der Waals surface area contributed by atoms with E-state index >= 15 is 0 Å². The second kappa shape index (κ2) is 14.9. The predicted octanol–water partition coefficient (Wildman–Crippen LogP) is 4.00. The third-order valence-corrected chi connectivity index (χ3v) is 13.3. The highest BCUT2D eigenvalue weighted by atomic mass is 16.5. The van der Waals surface area contributed by atoms with Crippen molar-refractivity contribution in [2.24, 2.45) is 57.3 Å². The van der Waals surface area contributed by atoms with Gasteiger partial charge in [-0.15, -0.1) is 0 Å². The Labute approximate surface area is 278 Å². The fourth-order valence-corrected chi connectivity index (χ4v) is 11.0. The lowest BCUT2D eigenvalue weighted by atomic mass is 9.37. The van der Waals surface area contributed by atoms with Crippen LogP contribution in [0, 0.1) is 45.8 Å². The third kappa shape index (κ3) is 6.96. The standard InChI is InChI=1S/C37H66N4O5/c1-23(2)9-8-10-26(34(45)40-17-20-41(18-15-38)19-16-39)32-28-21-30(44)33-35(5)13-12-29(43)24(3)27(35)11-14-36(33,6)37(28,7)22-31(32)46-25(4)42/h23-24,26-27,29-31,33,43-44H,8-22,38-39H2,1-7H3,(H,40,45)/t24-,26-,27-,29+,30+,31-,33-,35-,36-,37-/m0/s1. The molecule has 0 aromatic carbocycles. The molecule has 0 aliphatic heterocycles. The van der Waals surface area contributed by atoms with Gasteiger partial charge < -0.3 is 31.7 Å². The first-order valence-corrected chi connectivity index (χ1v) is 18.3. The first kappa shape index (κ1) is 37.3. The molecule has 4 aliphatic carbocycles. The number of hydrogen-bond donors (Lipinski definition) is 5. The number of hydrogen-bond acceptors (Lipinski definition) is 8. The molecule has 1 amide bonds. The van der Waals surface area contributed by atoms with Crippen molar-refractivity contribution < 1.29 is 24.5 Å². The normalized spacial score (nSPS) is 37.9. The Morgan fingerprint density at radius 3 is 2.30 bits per heavy atom. The summed E-state index contributed by atoms with van der Waals surface area (Å²) in [5.41, 5.74) is 13.1. The largest absolute Gasteiger partial charge is 0.458 e. The van der Waals surface area contributed by atoms with Crippen molar-refractivity contribution in [2.45, 2.75) is 125 Å². The van der Waals surface area contributed by atoms with Gasteiger partial charge in [-0.05, 0) is 90.4 Å². The van der Waals surface area contributed by atoms with Gasteiger partial charge in [0, 0.05) is 46.2 Å². The fourth-order valence-electron chi connectivity index (χ4n) is 11.0. The molecule has 46 heavy (non-hydrogen) atoms. The van der Waals surface area contributed by atoms with E-state index in [1.54, 1.807) is 0 Å². The topological polar surface area (TPSA) is 151 Å². The van der Waals surface area contributed by atoms with E-state index in [0.29, 0.717) is 57.3 Å². The summed E-state index contributed by atoms with van der Waals surface area (Å²) in [6.07, 6.45) is 6.00. The molecule has 0 heterocycles. The van der Waals surface area contributed by atoms with Crippen molar-refractivity contribution in [1.82, 2.24) is 10.2 Å². The van der Waals surface area contributed by atoms with E-state index in [0.717, 1.165) is 62.8 Å². The van der Waals surface area contributed by atoms with E-state index in [9.17, 15) is 19.8 Å². The predicted molar refractivity (Wildman–Crippen MR) is 182 cm³/mol. The van der Waals surface area contributed by atoms with Gasteiger partial charge in [-0.1, -0.05) is 60.0 Å². The molecule has 10 atom stereocenters. The van der Waals surface area contributed by atoms with Gasteiger partial charge in [0.1, 0.15) is 6.10 Å². The van der Waals surface area contributed by atoms with E-state index in [-0.39, 0.29) is 46.1 Å². The Bertz CT molecular complexity index is 1110. The van der Waals surface area contributed by atoms with Crippen LogP contribution in [0.5, 0.6) is 0 Å². The summed E-state index contributed by atoms with van der Waals surface area (Å²) in [5, 5.41) is 26.3. The summed E-state index contributed by atoms with van der Waals surface area (Å²) < 4.78 is 6.14. The van der Waals surface area contributed by atoms with Crippen molar-refractivity contribution in [1.29, 1.82) is 0 Å². The highest BCUT2D eigenvalue weighted by Gasteiger charge is 2.69. The van der Waals surface area contributed by atoms with Crippen molar-refractivity contribution in [3.8, 4) is 0 Å². The van der Waals surface area contributed by atoms with Crippen LogP contribution in [-0.4, -0.2) is 84.6 Å². The monoisotopic (exact) mass is 647 g/mol. The number of aliphatic hydroxyl groups is 2. The van der Waals surface area contributed by atoms with Crippen molar-refractivity contribution >= 4 is 11.9 Å². The maximum atomic E-state index is 14.2. The number of aliphatic hydroxyl groups excluding tert-OH is 2. The van der Waals surface area contributed by atoms with Gasteiger partial charge >= 0.3 is 5.97 Å². The van der Waals surface area contributed by atoms with Crippen LogP contribution in [0.1, 0.15) is 106 Å². The summed E-state index contributed by atoms with van der Waals surface area (Å²) in [7, 11) is 0. The summed E-state index contributed by atoms with van der Waals surface area (Å²) in [5.74, 6) is 0.345. The van der Waals surface area contributed by atoms with Gasteiger partial charge in [-0.25, -0.2) is 0 Å². The van der Waals surface area contributed by atoms with Gasteiger partial charge in [-0.3, -0.25) is 14.5 Å². The first-order valence-electron chi connectivity index (χ1n) is 18.3. The molecule has 0 radical (unpaired) electrons. The van der Waals surface area contributed by atoms with Crippen LogP contribution in [0.2, 0.25) is 0 Å². The molecular formula is C37H66N4O5. The second-order valence-electron chi connectivity index (χ2n) is 16.4. The lowest BCUT2D eigenvalue weighted by molar-refractivity contribution is -0.210. The summed E-state index contributed by atoms with van der Waals surface area (Å²) in [6, 6.07) is 0. The molecule has 0 aromatic heterocycles. The average molecular weight is 647 g/mol. The highest BCUT2D eigenvalue weighted by Crippen LogP contribution is 2.73. The molecule has 7 N–H and O–H groups in total. The van der Waals surface area contributed by atoms with E-state index < -0.39 is 18.1 Å². The van der Waals surface area contributed by atoms with Crippen LogP contribution in [0.25, 0.3) is 0 Å². The molecule has 0 bridgehead atoms. The van der Waals surface area contributed by atoms with Crippen LogP contribution in [0.3, 0.4) is 0 Å². The molecule has 3 fully saturated rings. The van der Waals surface area contributed by atoms with Gasteiger partial charge in [0.2, 0.25) is 5.91 Å². The molecule has 9 heteroatoms. The quantitative estimate of drug-likeness (QED) is 0.140. The Morgan fingerprint density at radius 2 is 1.70 bits per heavy atom. The molecule has 4 rings (SSSR count). The van der Waals surface area contributed by atoms with E-state index in [1.807, 2.05) is 0 Å². The van der Waals surface area contributed by atoms with Crippen LogP contribution < -0.4 is 16.8 Å². The number of nitrogens with one attached hydrogen (secondary N) is 1. The Kier molecular flexibility index (Phi) is 12.1. The number of ether oxygens (including phenoxy) is 1. The van der Waals surface area contributed by atoms with Crippen LogP contribution in [0.4, 0.5) is 0 Å². The molecule has 9 nitrogen and oxygen atoms in total. The minimum absolute atomic E-state index is 0.0272. The Balaban J connectivity index is 1.73. The zero-order chi connectivity index (χ0) is 34.0. The number of esters is 1. The number of carbonyl (C=O) groups excluding carboxylic acids is 2. The third-order valence-electron chi connectivity index (χ3n) is 13.3. The number of nitrogens with two attached hydrogens (primary N) is 2. The first-order chi connectivity index (χ1) is 21.6. The molecule has 4 aliphatic rings. The highest BCUT2D eigenvalue weighted by molar-refractivity contribution is 5.82. The fraction of sp³-hybridized carbons (Fsp3) is 0.892. The van der Waals surface area contributed by atoms with Crippen LogP contribution in [-0.2, 0) is 14.3 Å². The number of carbonyl (C=O) groups is 2. The maximum Gasteiger partial charge on any atom is 0.303 e. The van der Waals surface area contributed by atoms with Crippen LogP contribution >= 0.6 is 0 Å². The minimum atomic E-state index is -0.560. The average Bonchev–Trinajstić information content (AvgIpc) is 3.24. The molecular weight excluding hydrogens is 580 g/mol. The van der Waals surface area contributed by atoms with Crippen LogP contribution in [0.15, 0.2) is 11.1 Å². The lowest BCUT2D eigenvalue weighted by Gasteiger charge is -2.68. The van der Waals surface area contributed by atoms with Crippen molar-refractivity contribution in [3.05, 3.63) is 11.1 Å². The number of nitrogens with zero attached hydrogens (tertiary/aromatic N) is 1. The maximum absolute atomic E-state index is 14.2. The molecule has 264 valence electrons. The zero-order valence-corrected chi connectivity index (χ0v) is 29.9. The zero-order valence-electron chi connectivity index (χ0n) is 29.9. The molecule has 0 aromatic rings. The number of amides is 1. The Hall–Kier alpha value is -1.52. The van der Waals surface area contributed by atoms with Gasteiger partial charge in [0.25, 0.3) is 0 Å². The smallest absolute Gasteiger partial charge is 0.303 e. The van der Waals surface area contributed by atoms with Crippen molar-refractivity contribution in [2.75, 3.05) is 39.3 Å². The van der Waals surface area contributed by atoms with E-state index in [4.69, 9.17) is 16.2 Å². The summed E-state index contributed by atoms with van der Waals surface area (Å²) in [4.78, 5) is 29.0. The minimum Gasteiger partial charge on any atom is -0.458 e. The summed E-state index contributed by atoms with van der Waals surface area (Å²) in [6.45, 7) is 18.8. The number of rotatable bonds is 14. The molecule has 0 saturated heterocycles. The SMILES string of the molecule is CC(=O)O[C@H]1C[C@@]2(C)C(=C1[C@H](CCCC(C)C)C(=O)NCCN(CCN)CCN)C[C@@H](O)[C@H]1[C@@]3(C)CC[C@@H](O)[C@@H](C)[C@@H]3CC[C@@]12C. The van der Waals surface area contributed by atoms with E-state index in [2.05, 4.69) is 51.8 Å². The molecule has 0 spiro atoms. The Morgan fingerprint density at radius 1 is 1.02 bits per heavy atom. The number of fused-ring (bicyclic) bond motifs is 5.